The summed E-state index contributed by atoms with van der Waals surface area (Å²) in [6, 6.07) is 7.54. The summed E-state index contributed by atoms with van der Waals surface area (Å²) < 4.78 is 5.23. The van der Waals surface area contributed by atoms with Gasteiger partial charge in [-0.05, 0) is 67.6 Å². The summed E-state index contributed by atoms with van der Waals surface area (Å²) in [5.74, 6) is 0. The highest BCUT2D eigenvalue weighted by Crippen LogP contribution is 2.48. The highest BCUT2D eigenvalue weighted by atomic mass is 16.5. The van der Waals surface area contributed by atoms with E-state index in [0.29, 0.717) is 11.5 Å². The maximum absolute atomic E-state index is 5.23. The number of rotatable bonds is 7. The van der Waals surface area contributed by atoms with Crippen LogP contribution >= 0.6 is 0 Å². The molecule has 3 rings (SSSR count). The molecule has 0 aromatic heterocycles. The fourth-order valence-corrected chi connectivity index (χ4v) is 3.36. The Bertz CT molecular complexity index is 464. The largest absolute Gasteiger partial charge is 0.385 e. The van der Waals surface area contributed by atoms with Crippen LogP contribution in [-0.2, 0) is 17.6 Å². The molecular formula is C18H27NO. The average molecular weight is 273 g/mol. The predicted octanol–water partition coefficient (Wildman–Crippen LogP) is 3.64. The van der Waals surface area contributed by atoms with Gasteiger partial charge in [-0.1, -0.05) is 18.2 Å². The van der Waals surface area contributed by atoms with E-state index >= 15 is 0 Å². The summed E-state index contributed by atoms with van der Waals surface area (Å²) in [4.78, 5) is 0. The SMILES string of the molecule is COCCC1(CNC(C)c2ccc3c(c2)CCC3)CC1. The Labute approximate surface area is 122 Å². The highest BCUT2D eigenvalue weighted by molar-refractivity contribution is 5.36. The van der Waals surface area contributed by atoms with Crippen molar-refractivity contribution in [1.29, 1.82) is 0 Å². The van der Waals surface area contributed by atoms with Gasteiger partial charge < -0.3 is 10.1 Å². The van der Waals surface area contributed by atoms with Gasteiger partial charge in [0.15, 0.2) is 0 Å². The van der Waals surface area contributed by atoms with E-state index in [4.69, 9.17) is 4.74 Å². The summed E-state index contributed by atoms with van der Waals surface area (Å²) >= 11 is 0. The van der Waals surface area contributed by atoms with Crippen LogP contribution in [0.2, 0.25) is 0 Å². The molecule has 0 amide bonds. The average Bonchev–Trinajstić information content (AvgIpc) is 3.09. The Kier molecular flexibility index (Phi) is 4.13. The van der Waals surface area contributed by atoms with Crippen LogP contribution in [0, 0.1) is 5.41 Å². The van der Waals surface area contributed by atoms with Crippen molar-refractivity contribution in [3.05, 3.63) is 34.9 Å². The first-order valence-electron chi connectivity index (χ1n) is 8.06. The Hall–Kier alpha value is -0.860. The zero-order valence-electron chi connectivity index (χ0n) is 12.9. The van der Waals surface area contributed by atoms with E-state index in [2.05, 4.69) is 30.4 Å². The van der Waals surface area contributed by atoms with E-state index in [9.17, 15) is 0 Å². The maximum atomic E-state index is 5.23. The van der Waals surface area contributed by atoms with Crippen LogP contribution in [0.25, 0.3) is 0 Å². The van der Waals surface area contributed by atoms with Crippen molar-refractivity contribution < 1.29 is 4.74 Å². The van der Waals surface area contributed by atoms with Gasteiger partial charge in [0, 0.05) is 26.3 Å². The summed E-state index contributed by atoms with van der Waals surface area (Å²) in [5, 5.41) is 3.75. The molecule has 0 bridgehead atoms. The van der Waals surface area contributed by atoms with E-state index < -0.39 is 0 Å². The molecule has 1 fully saturated rings. The number of aryl methyl sites for hydroxylation is 2. The normalized spacial score (nSPS) is 20.7. The lowest BCUT2D eigenvalue weighted by Crippen LogP contribution is -2.27. The molecule has 2 nitrogen and oxygen atoms in total. The third-order valence-electron chi connectivity index (χ3n) is 5.20. The molecule has 110 valence electrons. The van der Waals surface area contributed by atoms with Crippen molar-refractivity contribution >= 4 is 0 Å². The number of ether oxygens (including phenoxy) is 1. The third kappa shape index (κ3) is 3.07. The minimum Gasteiger partial charge on any atom is -0.385 e. The maximum Gasteiger partial charge on any atom is 0.0468 e. The quantitative estimate of drug-likeness (QED) is 0.819. The van der Waals surface area contributed by atoms with Gasteiger partial charge in [0.25, 0.3) is 0 Å². The molecule has 2 heteroatoms. The van der Waals surface area contributed by atoms with Gasteiger partial charge in [0.1, 0.15) is 0 Å². The number of hydrogen-bond acceptors (Lipinski definition) is 2. The van der Waals surface area contributed by atoms with Crippen LogP contribution in [0.3, 0.4) is 0 Å². The summed E-state index contributed by atoms with van der Waals surface area (Å²) in [6.07, 6.45) is 7.81. The molecule has 0 heterocycles. The minimum absolute atomic E-state index is 0.459. The van der Waals surface area contributed by atoms with Crippen molar-refractivity contribution in [3.8, 4) is 0 Å². The van der Waals surface area contributed by atoms with E-state index in [0.717, 1.165) is 13.2 Å². The van der Waals surface area contributed by atoms with E-state index in [1.807, 2.05) is 0 Å². The molecule has 1 unspecified atom stereocenters. The third-order valence-corrected chi connectivity index (χ3v) is 5.20. The van der Waals surface area contributed by atoms with Gasteiger partial charge in [0.05, 0.1) is 0 Å². The lowest BCUT2D eigenvalue weighted by Gasteiger charge is -2.20. The first-order valence-corrected chi connectivity index (χ1v) is 8.06. The van der Waals surface area contributed by atoms with Gasteiger partial charge in [0.2, 0.25) is 0 Å². The number of methoxy groups -OCH3 is 1. The summed E-state index contributed by atoms with van der Waals surface area (Å²) in [5.41, 5.74) is 5.13. The van der Waals surface area contributed by atoms with Crippen LogP contribution in [0.5, 0.6) is 0 Å². The number of hydrogen-bond donors (Lipinski definition) is 1. The first kappa shape index (κ1) is 14.1. The monoisotopic (exact) mass is 273 g/mol. The van der Waals surface area contributed by atoms with E-state index in [1.165, 1.54) is 44.1 Å². The molecule has 1 aromatic rings. The Morgan fingerprint density at radius 2 is 2.05 bits per heavy atom. The minimum atomic E-state index is 0.459. The van der Waals surface area contributed by atoms with Crippen LogP contribution in [0.15, 0.2) is 18.2 Å². The summed E-state index contributed by atoms with van der Waals surface area (Å²) in [7, 11) is 1.80. The zero-order valence-corrected chi connectivity index (χ0v) is 12.9. The fourth-order valence-electron chi connectivity index (χ4n) is 3.36. The smallest absolute Gasteiger partial charge is 0.0468 e. The van der Waals surface area contributed by atoms with Gasteiger partial charge in [-0.3, -0.25) is 0 Å². The molecule has 0 radical (unpaired) electrons. The van der Waals surface area contributed by atoms with Crippen LogP contribution < -0.4 is 5.32 Å². The van der Waals surface area contributed by atoms with Gasteiger partial charge in [-0.25, -0.2) is 0 Å². The second kappa shape index (κ2) is 5.87. The van der Waals surface area contributed by atoms with Crippen molar-refractivity contribution in [1.82, 2.24) is 5.32 Å². The molecule has 1 aromatic carbocycles. The second-order valence-corrected chi connectivity index (χ2v) is 6.73. The van der Waals surface area contributed by atoms with Gasteiger partial charge in [-0.2, -0.15) is 0 Å². The van der Waals surface area contributed by atoms with Crippen molar-refractivity contribution in [2.75, 3.05) is 20.3 Å². The van der Waals surface area contributed by atoms with Gasteiger partial charge >= 0.3 is 0 Å². The highest BCUT2D eigenvalue weighted by Gasteiger charge is 2.41. The van der Waals surface area contributed by atoms with Crippen molar-refractivity contribution in [2.45, 2.75) is 51.5 Å². The Balaban J connectivity index is 1.55. The second-order valence-electron chi connectivity index (χ2n) is 6.73. The zero-order chi connectivity index (χ0) is 14.0. The fraction of sp³-hybridized carbons (Fsp3) is 0.667. The topological polar surface area (TPSA) is 21.3 Å². The predicted molar refractivity (Wildman–Crippen MR) is 83.0 cm³/mol. The van der Waals surface area contributed by atoms with Crippen LogP contribution in [0.1, 0.15) is 55.3 Å². The number of nitrogens with one attached hydrogen (secondary N) is 1. The molecule has 1 atom stereocenters. The van der Waals surface area contributed by atoms with E-state index in [1.54, 1.807) is 18.2 Å². The van der Waals surface area contributed by atoms with Crippen LogP contribution in [-0.4, -0.2) is 20.3 Å². The van der Waals surface area contributed by atoms with Crippen molar-refractivity contribution in [2.24, 2.45) is 5.41 Å². The van der Waals surface area contributed by atoms with Crippen LogP contribution in [0.4, 0.5) is 0 Å². The first-order chi connectivity index (χ1) is 9.72. The number of benzene rings is 1. The summed E-state index contributed by atoms with van der Waals surface area (Å²) in [6.45, 7) is 4.33. The molecule has 0 spiro atoms. The number of fused-ring (bicyclic) bond motifs is 1. The molecular weight excluding hydrogens is 246 g/mol. The Morgan fingerprint density at radius 1 is 1.25 bits per heavy atom. The molecule has 20 heavy (non-hydrogen) atoms. The molecule has 2 aliphatic rings. The molecule has 1 saturated carbocycles. The Morgan fingerprint density at radius 3 is 2.80 bits per heavy atom. The lowest BCUT2D eigenvalue weighted by atomic mass is 9.99. The lowest BCUT2D eigenvalue weighted by molar-refractivity contribution is 0.170. The van der Waals surface area contributed by atoms with Gasteiger partial charge in [-0.15, -0.1) is 0 Å². The molecule has 1 N–H and O–H groups in total. The van der Waals surface area contributed by atoms with E-state index in [-0.39, 0.29) is 0 Å². The molecule has 0 saturated heterocycles. The molecule has 2 aliphatic carbocycles. The van der Waals surface area contributed by atoms with Crippen molar-refractivity contribution in [3.63, 3.8) is 0 Å². The molecule has 0 aliphatic heterocycles. The standard InChI is InChI=1S/C18H27NO/c1-14(19-13-18(8-9-18)10-11-20-2)16-7-6-15-4-3-5-17(15)12-16/h6-7,12,14,19H,3-5,8-11,13H2,1-2H3.